The van der Waals surface area contributed by atoms with Gasteiger partial charge in [0.15, 0.2) is 5.65 Å². The summed E-state index contributed by atoms with van der Waals surface area (Å²) < 4.78 is 1.65. The minimum Gasteiger partial charge on any atom is -0.508 e. The topological polar surface area (TPSA) is 136 Å². The number of imidazole rings is 1. The van der Waals surface area contributed by atoms with Gasteiger partial charge in [-0.05, 0) is 31.5 Å². The molecule has 3 heterocycles. The average molecular weight is 336 g/mol. The van der Waals surface area contributed by atoms with Gasteiger partial charge < -0.3 is 21.6 Å². The number of carbonyl (C=O) groups is 1. The SMILES string of the molecule is Cc1ccc(O)c(C)c1-n1c(N)c(C(N)=O)c2cc3[nH]cnc3nc21. The molecular formula is C17H16N6O2. The molecule has 4 aromatic rings. The van der Waals surface area contributed by atoms with E-state index in [0.717, 1.165) is 5.56 Å². The molecule has 1 aromatic carbocycles. The van der Waals surface area contributed by atoms with Crippen molar-refractivity contribution in [1.29, 1.82) is 0 Å². The first-order chi connectivity index (χ1) is 11.9. The summed E-state index contributed by atoms with van der Waals surface area (Å²) in [7, 11) is 0. The zero-order chi connectivity index (χ0) is 17.9. The fraction of sp³-hybridized carbons (Fsp3) is 0.118. The Morgan fingerprint density at radius 2 is 2.08 bits per heavy atom. The average Bonchev–Trinajstić information content (AvgIpc) is 3.11. The maximum atomic E-state index is 12.0. The van der Waals surface area contributed by atoms with Crippen molar-refractivity contribution < 1.29 is 9.90 Å². The number of nitrogens with one attached hydrogen (secondary N) is 1. The summed E-state index contributed by atoms with van der Waals surface area (Å²) in [5.74, 6) is -0.333. The number of phenols is 1. The molecule has 0 aliphatic heterocycles. The quantitative estimate of drug-likeness (QED) is 0.443. The van der Waals surface area contributed by atoms with Crippen LogP contribution in [0.1, 0.15) is 21.5 Å². The van der Waals surface area contributed by atoms with Gasteiger partial charge in [-0.3, -0.25) is 9.36 Å². The minimum atomic E-state index is -0.641. The number of carbonyl (C=O) groups excluding carboxylic acids is 1. The molecule has 0 unspecified atom stereocenters. The van der Waals surface area contributed by atoms with Crippen molar-refractivity contribution in [3.05, 3.63) is 41.2 Å². The van der Waals surface area contributed by atoms with E-state index in [4.69, 9.17) is 11.5 Å². The zero-order valence-electron chi connectivity index (χ0n) is 13.7. The lowest BCUT2D eigenvalue weighted by Gasteiger charge is -2.15. The zero-order valence-corrected chi connectivity index (χ0v) is 13.7. The summed E-state index contributed by atoms with van der Waals surface area (Å²) in [6, 6.07) is 5.15. The molecule has 126 valence electrons. The summed E-state index contributed by atoms with van der Waals surface area (Å²) >= 11 is 0. The number of benzene rings is 1. The highest BCUT2D eigenvalue weighted by Crippen LogP contribution is 2.36. The molecule has 0 aliphatic rings. The first-order valence-corrected chi connectivity index (χ1v) is 7.63. The van der Waals surface area contributed by atoms with Gasteiger partial charge in [0.25, 0.3) is 5.91 Å². The number of aromatic amines is 1. The number of phenolic OH excluding ortho intramolecular Hbond substituents is 1. The van der Waals surface area contributed by atoms with Crippen LogP contribution in [0.2, 0.25) is 0 Å². The van der Waals surface area contributed by atoms with E-state index in [2.05, 4.69) is 15.0 Å². The van der Waals surface area contributed by atoms with Crippen molar-refractivity contribution in [2.75, 3.05) is 5.73 Å². The number of aromatic nitrogens is 4. The van der Waals surface area contributed by atoms with E-state index >= 15 is 0 Å². The predicted octanol–water partition coefficient (Wildman–Crippen LogP) is 1.91. The fourth-order valence-electron chi connectivity index (χ4n) is 3.23. The molecule has 0 spiro atoms. The second-order valence-electron chi connectivity index (χ2n) is 5.97. The number of pyridine rings is 1. The Labute approximate surface area is 142 Å². The van der Waals surface area contributed by atoms with Crippen LogP contribution in [0, 0.1) is 13.8 Å². The van der Waals surface area contributed by atoms with Crippen molar-refractivity contribution >= 4 is 33.9 Å². The molecule has 3 aromatic heterocycles. The molecule has 0 fully saturated rings. The van der Waals surface area contributed by atoms with Crippen LogP contribution >= 0.6 is 0 Å². The highest BCUT2D eigenvalue weighted by molar-refractivity contribution is 6.12. The molecule has 0 bridgehead atoms. The van der Waals surface area contributed by atoms with Crippen LogP contribution in [0.15, 0.2) is 24.5 Å². The highest BCUT2D eigenvalue weighted by Gasteiger charge is 2.24. The van der Waals surface area contributed by atoms with Gasteiger partial charge in [-0.2, -0.15) is 0 Å². The van der Waals surface area contributed by atoms with Gasteiger partial charge in [0.05, 0.1) is 23.1 Å². The first kappa shape index (κ1) is 15.0. The summed E-state index contributed by atoms with van der Waals surface area (Å²) in [6.07, 6.45) is 1.53. The maximum absolute atomic E-state index is 12.0. The van der Waals surface area contributed by atoms with Crippen LogP contribution in [-0.4, -0.2) is 30.5 Å². The molecule has 0 radical (unpaired) electrons. The molecule has 8 nitrogen and oxygen atoms in total. The number of aromatic hydroxyl groups is 1. The number of hydrogen-bond donors (Lipinski definition) is 4. The Morgan fingerprint density at radius 1 is 1.32 bits per heavy atom. The number of primary amides is 1. The summed E-state index contributed by atoms with van der Waals surface area (Å²) in [5, 5.41) is 10.7. The molecular weight excluding hydrogens is 320 g/mol. The van der Waals surface area contributed by atoms with Crippen molar-refractivity contribution in [1.82, 2.24) is 19.5 Å². The van der Waals surface area contributed by atoms with Crippen LogP contribution in [0.4, 0.5) is 5.82 Å². The van der Waals surface area contributed by atoms with Gasteiger partial charge in [0, 0.05) is 10.9 Å². The number of rotatable bonds is 2. The van der Waals surface area contributed by atoms with E-state index in [-0.39, 0.29) is 17.1 Å². The third kappa shape index (κ3) is 1.97. The van der Waals surface area contributed by atoms with Crippen LogP contribution in [-0.2, 0) is 0 Å². The molecule has 0 saturated carbocycles. The van der Waals surface area contributed by atoms with Gasteiger partial charge in [-0.1, -0.05) is 6.07 Å². The highest BCUT2D eigenvalue weighted by atomic mass is 16.3. The largest absolute Gasteiger partial charge is 0.508 e. The molecule has 8 heteroatoms. The van der Waals surface area contributed by atoms with Gasteiger partial charge in [-0.25, -0.2) is 9.97 Å². The minimum absolute atomic E-state index is 0.128. The number of fused-ring (bicyclic) bond motifs is 2. The Kier molecular flexibility index (Phi) is 2.98. The van der Waals surface area contributed by atoms with Crippen molar-refractivity contribution in [2.24, 2.45) is 5.73 Å². The lowest BCUT2D eigenvalue weighted by molar-refractivity contribution is 0.100. The van der Waals surface area contributed by atoms with Crippen LogP contribution in [0.5, 0.6) is 5.75 Å². The summed E-state index contributed by atoms with van der Waals surface area (Å²) in [6.45, 7) is 3.67. The normalized spacial score (nSPS) is 11.4. The molecule has 25 heavy (non-hydrogen) atoms. The third-order valence-electron chi connectivity index (χ3n) is 4.44. The van der Waals surface area contributed by atoms with Crippen LogP contribution < -0.4 is 11.5 Å². The Morgan fingerprint density at radius 3 is 2.80 bits per heavy atom. The van der Waals surface area contributed by atoms with E-state index in [0.29, 0.717) is 33.4 Å². The monoisotopic (exact) mass is 336 g/mol. The van der Waals surface area contributed by atoms with E-state index in [1.165, 1.54) is 6.33 Å². The first-order valence-electron chi connectivity index (χ1n) is 7.63. The van der Waals surface area contributed by atoms with E-state index in [1.807, 2.05) is 6.92 Å². The van der Waals surface area contributed by atoms with Crippen LogP contribution in [0.3, 0.4) is 0 Å². The number of hydrogen-bond acceptors (Lipinski definition) is 5. The fourth-order valence-corrected chi connectivity index (χ4v) is 3.23. The molecule has 0 saturated heterocycles. The molecule has 1 amide bonds. The molecule has 6 N–H and O–H groups in total. The smallest absolute Gasteiger partial charge is 0.253 e. The Hall–Kier alpha value is -3.55. The lowest BCUT2D eigenvalue weighted by atomic mass is 10.1. The Bertz CT molecular complexity index is 1170. The van der Waals surface area contributed by atoms with Crippen molar-refractivity contribution in [2.45, 2.75) is 13.8 Å². The number of aryl methyl sites for hydroxylation is 1. The number of H-pyrrole nitrogens is 1. The van der Waals surface area contributed by atoms with Crippen molar-refractivity contribution in [3.8, 4) is 11.4 Å². The predicted molar refractivity (Wildman–Crippen MR) is 94.8 cm³/mol. The van der Waals surface area contributed by atoms with Gasteiger partial charge in [0.2, 0.25) is 0 Å². The molecule has 0 atom stereocenters. The summed E-state index contributed by atoms with van der Waals surface area (Å²) in [5.41, 5.74) is 15.8. The van der Waals surface area contributed by atoms with Gasteiger partial charge in [0.1, 0.15) is 17.2 Å². The van der Waals surface area contributed by atoms with E-state index < -0.39 is 5.91 Å². The molecule has 0 aliphatic carbocycles. The standard InChI is InChI=1S/C17H16N6O2/c1-7-3-4-11(24)8(2)13(7)23-14(18)12(15(19)25)9-5-10-16(21-6-20-10)22-17(9)23/h3-6,24H,18H2,1-2H3,(H2,19,25)(H,20,21,22). The summed E-state index contributed by atoms with van der Waals surface area (Å²) in [4.78, 5) is 23.7. The van der Waals surface area contributed by atoms with E-state index in [9.17, 15) is 9.90 Å². The second-order valence-corrected chi connectivity index (χ2v) is 5.97. The Balaban J connectivity index is 2.23. The maximum Gasteiger partial charge on any atom is 0.253 e. The second kappa shape index (κ2) is 4.97. The lowest BCUT2D eigenvalue weighted by Crippen LogP contribution is -2.14. The number of nitrogens with zero attached hydrogens (tertiary/aromatic N) is 3. The van der Waals surface area contributed by atoms with Crippen molar-refractivity contribution in [3.63, 3.8) is 0 Å². The number of amides is 1. The third-order valence-corrected chi connectivity index (χ3v) is 4.44. The van der Waals surface area contributed by atoms with Crippen LogP contribution in [0.25, 0.3) is 27.9 Å². The number of nitrogen functional groups attached to an aromatic ring is 1. The number of anilines is 1. The van der Waals surface area contributed by atoms with Gasteiger partial charge in [-0.15, -0.1) is 0 Å². The van der Waals surface area contributed by atoms with E-state index in [1.54, 1.807) is 29.7 Å². The molecule has 4 rings (SSSR count). The number of nitrogens with two attached hydrogens (primary N) is 2. The van der Waals surface area contributed by atoms with Gasteiger partial charge >= 0.3 is 0 Å².